The zero-order valence-corrected chi connectivity index (χ0v) is 23.5. The number of nitrogens with zero attached hydrogens (tertiary/aromatic N) is 1. The lowest BCUT2D eigenvalue weighted by molar-refractivity contribution is -0.174. The zero-order chi connectivity index (χ0) is 26.5. The highest BCUT2D eigenvalue weighted by molar-refractivity contribution is 7.85. The van der Waals surface area contributed by atoms with Gasteiger partial charge >= 0.3 is 0 Å². The summed E-state index contributed by atoms with van der Waals surface area (Å²) in [6.07, 6.45) is 8.94. The van der Waals surface area contributed by atoms with Gasteiger partial charge in [0.1, 0.15) is 0 Å². The van der Waals surface area contributed by atoms with Gasteiger partial charge in [0.25, 0.3) is 10.1 Å². The maximum atomic E-state index is 12.8. The Bertz CT molecular complexity index is 910. The molecule has 0 radical (unpaired) electrons. The van der Waals surface area contributed by atoms with Crippen LogP contribution in [0.4, 0.5) is 0 Å². The number of hydrogen-bond acceptors (Lipinski definition) is 5. The van der Waals surface area contributed by atoms with E-state index in [1.54, 1.807) is 0 Å². The van der Waals surface area contributed by atoms with Crippen molar-refractivity contribution in [3.8, 4) is 0 Å². The molecule has 0 aromatic heterocycles. The summed E-state index contributed by atoms with van der Waals surface area (Å²) in [5, 5.41) is 21.7. The third-order valence-corrected chi connectivity index (χ3v) is 12.3. The van der Waals surface area contributed by atoms with E-state index < -0.39 is 15.9 Å². The monoisotopic (exact) mass is 527 g/mol. The lowest BCUT2D eigenvalue weighted by Crippen LogP contribution is -2.58. The van der Waals surface area contributed by atoms with Gasteiger partial charge in [-0.05, 0) is 111 Å². The normalized spacial score (nSPS) is 43.2. The molecule has 4 aliphatic rings. The fourth-order valence-corrected chi connectivity index (χ4v) is 10.0. The van der Waals surface area contributed by atoms with E-state index in [9.17, 15) is 23.4 Å². The molecule has 3 N–H and O–H groups in total. The molecule has 4 aliphatic carbocycles. The summed E-state index contributed by atoms with van der Waals surface area (Å²) in [7, 11) is -4.08. The molecule has 0 heterocycles. The molecule has 4 rings (SSSR count). The van der Waals surface area contributed by atoms with Crippen LogP contribution in [0, 0.1) is 46.3 Å². The molecule has 7 nitrogen and oxygen atoms in total. The Morgan fingerprint density at radius 2 is 1.69 bits per heavy atom. The summed E-state index contributed by atoms with van der Waals surface area (Å²) in [6.45, 7) is 9.45. The van der Waals surface area contributed by atoms with Crippen LogP contribution in [-0.4, -0.2) is 65.0 Å². The van der Waals surface area contributed by atoms with Gasteiger partial charge in [-0.2, -0.15) is 8.42 Å². The Balaban J connectivity index is 1.41. The molecular weight excluding hydrogens is 478 g/mol. The Hall–Kier alpha value is -0.700. The van der Waals surface area contributed by atoms with E-state index in [4.69, 9.17) is 4.55 Å². The summed E-state index contributed by atoms with van der Waals surface area (Å²) >= 11 is 0. The lowest BCUT2D eigenvalue weighted by atomic mass is 9.43. The van der Waals surface area contributed by atoms with Gasteiger partial charge in [0.2, 0.25) is 5.91 Å². The Kier molecular flexibility index (Phi) is 8.23. The van der Waals surface area contributed by atoms with Crippen molar-refractivity contribution >= 4 is 16.0 Å². The number of amides is 1. The molecule has 4 fully saturated rings. The summed E-state index contributed by atoms with van der Waals surface area (Å²) in [5.74, 6) is 2.26. The van der Waals surface area contributed by atoms with E-state index in [0.717, 1.165) is 51.4 Å². The van der Waals surface area contributed by atoms with Crippen LogP contribution < -0.4 is 0 Å². The molecule has 0 aromatic carbocycles. The highest BCUT2D eigenvalue weighted by Gasteiger charge is 2.62. The zero-order valence-electron chi connectivity index (χ0n) is 22.7. The van der Waals surface area contributed by atoms with Crippen LogP contribution in [0.5, 0.6) is 0 Å². The van der Waals surface area contributed by atoms with Crippen LogP contribution in [0.25, 0.3) is 0 Å². The van der Waals surface area contributed by atoms with Crippen molar-refractivity contribution < 1.29 is 28.0 Å². The van der Waals surface area contributed by atoms with Crippen LogP contribution in [0.1, 0.15) is 91.9 Å². The molecule has 0 bridgehead atoms. The van der Waals surface area contributed by atoms with Crippen LogP contribution in [0.15, 0.2) is 0 Å². The van der Waals surface area contributed by atoms with Gasteiger partial charge < -0.3 is 15.1 Å². The minimum atomic E-state index is -4.08. The second-order valence-electron chi connectivity index (χ2n) is 13.2. The average molecular weight is 528 g/mol. The molecule has 1 unspecified atom stereocenters. The summed E-state index contributed by atoms with van der Waals surface area (Å²) in [5.41, 5.74) is 0.406. The quantitative estimate of drug-likeness (QED) is 0.409. The molecule has 36 heavy (non-hydrogen) atoms. The largest absolute Gasteiger partial charge is 0.393 e. The maximum Gasteiger partial charge on any atom is 0.266 e. The van der Waals surface area contributed by atoms with Crippen molar-refractivity contribution in [3.63, 3.8) is 0 Å². The molecule has 0 spiro atoms. The van der Waals surface area contributed by atoms with Gasteiger partial charge in [0.05, 0.1) is 18.0 Å². The van der Waals surface area contributed by atoms with Crippen molar-refractivity contribution in [2.45, 2.75) is 104 Å². The minimum absolute atomic E-state index is 0.0313. The van der Waals surface area contributed by atoms with E-state index in [1.165, 1.54) is 11.3 Å². The van der Waals surface area contributed by atoms with Crippen molar-refractivity contribution in [2.75, 3.05) is 18.8 Å². The molecule has 208 valence electrons. The number of aliphatic hydroxyl groups is 2. The van der Waals surface area contributed by atoms with E-state index in [2.05, 4.69) is 20.8 Å². The molecule has 0 aromatic rings. The lowest BCUT2D eigenvalue weighted by Gasteiger charge is -2.62. The van der Waals surface area contributed by atoms with Crippen molar-refractivity contribution in [2.24, 2.45) is 46.3 Å². The van der Waals surface area contributed by atoms with Crippen LogP contribution in [0.2, 0.25) is 0 Å². The molecule has 10 atom stereocenters. The summed E-state index contributed by atoms with van der Waals surface area (Å²) < 4.78 is 31.3. The highest BCUT2D eigenvalue weighted by Crippen LogP contribution is 2.68. The van der Waals surface area contributed by atoms with Crippen molar-refractivity contribution in [1.29, 1.82) is 0 Å². The molecule has 4 saturated carbocycles. The second-order valence-corrected chi connectivity index (χ2v) is 14.8. The predicted molar refractivity (Wildman–Crippen MR) is 140 cm³/mol. The first-order valence-electron chi connectivity index (χ1n) is 14.4. The molecule has 0 aliphatic heterocycles. The molecule has 0 saturated heterocycles. The first kappa shape index (κ1) is 28.3. The average Bonchev–Trinajstić information content (AvgIpc) is 3.15. The van der Waals surface area contributed by atoms with Gasteiger partial charge in [0.15, 0.2) is 0 Å². The molecule has 8 heteroatoms. The number of rotatable bonds is 8. The Morgan fingerprint density at radius 3 is 2.36 bits per heavy atom. The fraction of sp³-hybridized carbons (Fsp3) is 0.964. The van der Waals surface area contributed by atoms with Crippen molar-refractivity contribution in [3.05, 3.63) is 0 Å². The number of carbonyl (C=O) groups excluding carboxylic acids is 1. The van der Waals surface area contributed by atoms with Gasteiger partial charge in [-0.25, -0.2) is 0 Å². The van der Waals surface area contributed by atoms with Crippen LogP contribution in [0.3, 0.4) is 0 Å². The van der Waals surface area contributed by atoms with Crippen LogP contribution >= 0.6 is 0 Å². The SMILES string of the molecule is CCN(CCS(=O)(=O)O)C(=O)CC[C@@H](C)[C@H]1CC[C@H]2[C@@H]3[C@@H](O)CC4C[C@H](O)CC[C@]4(C)[C@H]3CC[C@]12C. The number of carbonyl (C=O) groups is 1. The second kappa shape index (κ2) is 10.5. The highest BCUT2D eigenvalue weighted by atomic mass is 32.2. The Labute approximate surface area is 218 Å². The minimum Gasteiger partial charge on any atom is -0.393 e. The van der Waals surface area contributed by atoms with Gasteiger partial charge in [0, 0.05) is 19.5 Å². The van der Waals surface area contributed by atoms with Gasteiger partial charge in [-0.1, -0.05) is 20.8 Å². The Morgan fingerprint density at radius 1 is 1.03 bits per heavy atom. The van der Waals surface area contributed by atoms with E-state index in [0.29, 0.717) is 48.5 Å². The number of aliphatic hydroxyl groups excluding tert-OH is 2. The summed E-state index contributed by atoms with van der Waals surface area (Å²) in [4.78, 5) is 14.3. The predicted octanol–water partition coefficient (Wildman–Crippen LogP) is 4.13. The smallest absolute Gasteiger partial charge is 0.266 e. The number of fused-ring (bicyclic) bond motifs is 5. The third-order valence-electron chi connectivity index (χ3n) is 11.6. The maximum absolute atomic E-state index is 12.8. The third kappa shape index (κ3) is 5.26. The van der Waals surface area contributed by atoms with E-state index >= 15 is 0 Å². The topological polar surface area (TPSA) is 115 Å². The molecular formula is C28H49NO6S. The molecule has 1 amide bonds. The fourth-order valence-electron chi connectivity index (χ4n) is 9.57. The summed E-state index contributed by atoms with van der Waals surface area (Å²) in [6, 6.07) is 0. The van der Waals surface area contributed by atoms with Crippen molar-refractivity contribution in [1.82, 2.24) is 4.90 Å². The van der Waals surface area contributed by atoms with Crippen LogP contribution in [-0.2, 0) is 14.9 Å². The first-order valence-corrected chi connectivity index (χ1v) is 16.0. The van der Waals surface area contributed by atoms with Gasteiger partial charge in [-0.15, -0.1) is 0 Å². The van der Waals surface area contributed by atoms with Gasteiger partial charge in [-0.3, -0.25) is 9.35 Å². The number of hydrogen-bond donors (Lipinski definition) is 3. The van der Waals surface area contributed by atoms with E-state index in [-0.39, 0.29) is 35.5 Å². The first-order chi connectivity index (χ1) is 16.8. The standard InChI is InChI=1S/C28H49NO6S/c1-5-29(14-15-36(33,34)35)25(32)9-6-18(2)21-7-8-22-26-23(11-13-28(21,22)4)27(3)12-10-20(30)16-19(27)17-24(26)31/h18-24,26,30-31H,5-17H2,1-4H3,(H,33,34,35)/t18-,19?,20-,21-,22+,23+,24+,26+,27+,28-/m1/s1. The van der Waals surface area contributed by atoms with E-state index in [1.807, 2.05) is 6.92 Å².